The van der Waals surface area contributed by atoms with Gasteiger partial charge in [-0.1, -0.05) is 34.3 Å². The molecule has 90 valence electrons. The summed E-state index contributed by atoms with van der Waals surface area (Å²) in [4.78, 5) is 2.32. The van der Waals surface area contributed by atoms with Crippen molar-refractivity contribution in [2.45, 2.75) is 53.4 Å². The molecule has 0 N–H and O–H groups in total. The molecule has 0 saturated heterocycles. The first-order valence-corrected chi connectivity index (χ1v) is 6.32. The van der Waals surface area contributed by atoms with Crippen LogP contribution in [0.5, 0.6) is 0 Å². The Hall–Kier alpha value is -0.460. The van der Waals surface area contributed by atoms with Gasteiger partial charge in [0.15, 0.2) is 0 Å². The summed E-state index contributed by atoms with van der Waals surface area (Å²) < 4.78 is 0. The molecule has 0 saturated carbocycles. The van der Waals surface area contributed by atoms with E-state index in [0.29, 0.717) is 0 Å². The average Bonchev–Trinajstić information content (AvgIpc) is 2.13. The number of hydrogen-bond donors (Lipinski definition) is 0. The number of allylic oxidation sites excluding steroid dienone is 1. The van der Waals surface area contributed by atoms with Crippen molar-refractivity contribution in [2.24, 2.45) is 11.8 Å². The van der Waals surface area contributed by atoms with E-state index >= 15 is 0 Å². The summed E-state index contributed by atoms with van der Waals surface area (Å²) >= 11 is 0. The van der Waals surface area contributed by atoms with Crippen LogP contribution in [0.4, 0.5) is 0 Å². The third kappa shape index (κ3) is 8.53. The van der Waals surface area contributed by atoms with Gasteiger partial charge in [0.1, 0.15) is 0 Å². The highest BCUT2D eigenvalue weighted by atomic mass is 15.1. The van der Waals surface area contributed by atoms with Gasteiger partial charge < -0.3 is 4.90 Å². The molecule has 0 aromatic carbocycles. The molecule has 0 aliphatic heterocycles. The van der Waals surface area contributed by atoms with Crippen molar-refractivity contribution in [2.75, 3.05) is 13.6 Å². The SMILES string of the molecule is C=C(CCC(C)C)N(C)CCCC(C)C. The molecule has 0 amide bonds. The lowest BCUT2D eigenvalue weighted by Gasteiger charge is -2.22. The summed E-state index contributed by atoms with van der Waals surface area (Å²) in [5.41, 5.74) is 1.30. The van der Waals surface area contributed by atoms with E-state index in [1.807, 2.05) is 0 Å². The monoisotopic (exact) mass is 211 g/mol. The molecule has 0 aromatic rings. The Balaban J connectivity index is 3.60. The molecular formula is C14H29N. The van der Waals surface area contributed by atoms with Crippen LogP contribution < -0.4 is 0 Å². The second-order valence-electron chi connectivity index (χ2n) is 5.46. The summed E-state index contributed by atoms with van der Waals surface area (Å²) in [6, 6.07) is 0. The van der Waals surface area contributed by atoms with Gasteiger partial charge in [0, 0.05) is 19.3 Å². The Morgan fingerprint density at radius 3 is 2.07 bits per heavy atom. The van der Waals surface area contributed by atoms with Crippen LogP contribution in [0.15, 0.2) is 12.3 Å². The van der Waals surface area contributed by atoms with Crippen LogP contribution in [0.1, 0.15) is 53.4 Å². The summed E-state index contributed by atoms with van der Waals surface area (Å²) in [7, 11) is 2.17. The third-order valence-corrected chi connectivity index (χ3v) is 2.83. The first-order valence-electron chi connectivity index (χ1n) is 6.32. The van der Waals surface area contributed by atoms with Gasteiger partial charge in [0.25, 0.3) is 0 Å². The highest BCUT2D eigenvalue weighted by Crippen LogP contribution is 2.13. The lowest BCUT2D eigenvalue weighted by Crippen LogP contribution is -2.19. The van der Waals surface area contributed by atoms with Crippen LogP contribution in [0.2, 0.25) is 0 Å². The van der Waals surface area contributed by atoms with Crippen molar-refractivity contribution >= 4 is 0 Å². The minimum atomic E-state index is 0.783. The smallest absolute Gasteiger partial charge is 0.0171 e. The zero-order valence-corrected chi connectivity index (χ0v) is 11.3. The second-order valence-corrected chi connectivity index (χ2v) is 5.46. The molecule has 0 bridgehead atoms. The Morgan fingerprint density at radius 2 is 1.60 bits per heavy atom. The van der Waals surface area contributed by atoms with Crippen molar-refractivity contribution in [3.63, 3.8) is 0 Å². The van der Waals surface area contributed by atoms with Gasteiger partial charge >= 0.3 is 0 Å². The minimum Gasteiger partial charge on any atom is -0.378 e. The fourth-order valence-corrected chi connectivity index (χ4v) is 1.54. The van der Waals surface area contributed by atoms with Crippen LogP contribution in [0.25, 0.3) is 0 Å². The maximum Gasteiger partial charge on any atom is 0.0171 e. The second kappa shape index (κ2) is 7.78. The van der Waals surface area contributed by atoms with Crippen LogP contribution in [-0.2, 0) is 0 Å². The minimum absolute atomic E-state index is 0.783. The van der Waals surface area contributed by atoms with Gasteiger partial charge in [0.2, 0.25) is 0 Å². The van der Waals surface area contributed by atoms with Gasteiger partial charge in [-0.3, -0.25) is 0 Å². The standard InChI is InChI=1S/C14H29N/c1-12(2)8-7-11-15(6)14(5)10-9-13(3)4/h12-13H,5,7-11H2,1-4,6H3. The van der Waals surface area contributed by atoms with E-state index < -0.39 is 0 Å². The molecular weight excluding hydrogens is 182 g/mol. The van der Waals surface area contributed by atoms with E-state index in [2.05, 4.69) is 46.2 Å². The molecule has 0 atom stereocenters. The van der Waals surface area contributed by atoms with Crippen LogP contribution in [-0.4, -0.2) is 18.5 Å². The first kappa shape index (κ1) is 14.5. The maximum atomic E-state index is 4.15. The summed E-state index contributed by atoms with van der Waals surface area (Å²) in [6.07, 6.45) is 5.01. The lowest BCUT2D eigenvalue weighted by molar-refractivity contribution is 0.366. The molecule has 0 unspecified atom stereocenters. The van der Waals surface area contributed by atoms with Crippen molar-refractivity contribution in [3.05, 3.63) is 12.3 Å². The van der Waals surface area contributed by atoms with Crippen molar-refractivity contribution < 1.29 is 0 Å². The number of hydrogen-bond acceptors (Lipinski definition) is 1. The Morgan fingerprint density at radius 1 is 1.07 bits per heavy atom. The average molecular weight is 211 g/mol. The predicted octanol–water partition coefficient (Wildman–Crippen LogP) is 4.30. The largest absolute Gasteiger partial charge is 0.378 e. The van der Waals surface area contributed by atoms with Gasteiger partial charge in [-0.05, 0) is 37.5 Å². The summed E-state index contributed by atoms with van der Waals surface area (Å²) in [5.74, 6) is 1.60. The molecule has 1 heteroatoms. The van der Waals surface area contributed by atoms with Gasteiger partial charge in [0.05, 0.1) is 0 Å². The molecule has 0 radical (unpaired) electrons. The van der Waals surface area contributed by atoms with E-state index in [1.54, 1.807) is 0 Å². The summed E-state index contributed by atoms with van der Waals surface area (Å²) in [6.45, 7) is 14.4. The topological polar surface area (TPSA) is 3.24 Å². The Bertz CT molecular complexity index is 170. The molecule has 0 aliphatic rings. The first-order chi connectivity index (χ1) is 6.93. The van der Waals surface area contributed by atoms with Gasteiger partial charge in [-0.2, -0.15) is 0 Å². The van der Waals surface area contributed by atoms with Crippen LogP contribution in [0, 0.1) is 11.8 Å². The molecule has 0 spiro atoms. The van der Waals surface area contributed by atoms with Crippen molar-refractivity contribution in [3.8, 4) is 0 Å². The van der Waals surface area contributed by atoms with Gasteiger partial charge in [-0.25, -0.2) is 0 Å². The highest BCUT2D eigenvalue weighted by Gasteiger charge is 2.04. The van der Waals surface area contributed by atoms with E-state index in [0.717, 1.165) is 24.8 Å². The predicted molar refractivity (Wildman–Crippen MR) is 69.9 cm³/mol. The lowest BCUT2D eigenvalue weighted by atomic mass is 10.1. The van der Waals surface area contributed by atoms with Gasteiger partial charge in [-0.15, -0.1) is 0 Å². The highest BCUT2D eigenvalue weighted by molar-refractivity contribution is 4.92. The molecule has 0 heterocycles. The maximum absolute atomic E-state index is 4.15. The van der Waals surface area contributed by atoms with Crippen molar-refractivity contribution in [1.29, 1.82) is 0 Å². The molecule has 1 nitrogen and oxygen atoms in total. The Kier molecular flexibility index (Phi) is 7.54. The molecule has 0 fully saturated rings. The zero-order chi connectivity index (χ0) is 11.8. The fraction of sp³-hybridized carbons (Fsp3) is 0.857. The van der Waals surface area contributed by atoms with Crippen molar-refractivity contribution in [1.82, 2.24) is 4.90 Å². The number of nitrogens with zero attached hydrogens (tertiary/aromatic N) is 1. The Labute approximate surface area is 96.6 Å². The van der Waals surface area contributed by atoms with Crippen LogP contribution in [0.3, 0.4) is 0 Å². The summed E-state index contributed by atoms with van der Waals surface area (Å²) in [5, 5.41) is 0. The number of rotatable bonds is 8. The molecule has 0 aliphatic carbocycles. The van der Waals surface area contributed by atoms with E-state index in [1.165, 1.54) is 25.0 Å². The molecule has 0 rings (SSSR count). The third-order valence-electron chi connectivity index (χ3n) is 2.83. The quantitative estimate of drug-likeness (QED) is 0.578. The van der Waals surface area contributed by atoms with E-state index in [9.17, 15) is 0 Å². The molecule has 0 aromatic heterocycles. The van der Waals surface area contributed by atoms with E-state index in [-0.39, 0.29) is 0 Å². The zero-order valence-electron chi connectivity index (χ0n) is 11.3. The van der Waals surface area contributed by atoms with Crippen LogP contribution >= 0.6 is 0 Å². The fourth-order valence-electron chi connectivity index (χ4n) is 1.54. The normalized spacial score (nSPS) is 11.1. The molecule has 15 heavy (non-hydrogen) atoms. The van der Waals surface area contributed by atoms with E-state index in [4.69, 9.17) is 0 Å².